The van der Waals surface area contributed by atoms with Gasteiger partial charge in [0.2, 0.25) is 0 Å². The third kappa shape index (κ3) is 1.36. The first kappa shape index (κ1) is 10.2. The molecule has 2 rings (SSSR count). The quantitative estimate of drug-likeness (QED) is 0.703. The molecule has 0 spiro atoms. The maximum atomic E-state index is 12.0. The van der Waals surface area contributed by atoms with E-state index in [-0.39, 0.29) is 11.7 Å². The molecule has 80 valence electrons. The first-order chi connectivity index (χ1) is 7.06. The molecule has 0 amide bonds. The lowest BCUT2D eigenvalue weighted by Crippen LogP contribution is -2.05. The monoisotopic (exact) mass is 204 g/mol. The number of methoxy groups -OCH3 is 1. The molecule has 2 nitrogen and oxygen atoms in total. The molecule has 0 saturated carbocycles. The molecule has 1 aliphatic rings. The highest BCUT2D eigenvalue weighted by Crippen LogP contribution is 2.37. The molecule has 1 atom stereocenters. The number of ketones is 1. The predicted molar refractivity (Wildman–Crippen MR) is 59.7 cm³/mol. The van der Waals surface area contributed by atoms with Crippen LogP contribution < -0.4 is 4.74 Å². The molecule has 0 aliphatic heterocycles. The lowest BCUT2D eigenvalue weighted by molar-refractivity contribution is 0.0945. The van der Waals surface area contributed by atoms with Crippen molar-refractivity contribution in [3.63, 3.8) is 0 Å². The van der Waals surface area contributed by atoms with Gasteiger partial charge in [0, 0.05) is 17.0 Å². The number of fused-ring (bicyclic) bond motifs is 1. The Morgan fingerprint density at radius 1 is 1.40 bits per heavy atom. The van der Waals surface area contributed by atoms with E-state index in [9.17, 15) is 4.79 Å². The van der Waals surface area contributed by atoms with Gasteiger partial charge in [0.25, 0.3) is 0 Å². The predicted octanol–water partition coefficient (Wildman–Crippen LogP) is 2.69. The number of carbonyl (C=O) groups excluding carboxylic acids is 1. The Kier molecular flexibility index (Phi) is 2.29. The summed E-state index contributed by atoms with van der Waals surface area (Å²) in [6.45, 7) is 6.02. The topological polar surface area (TPSA) is 26.3 Å². The SMILES string of the molecule is COc1cc(C)c(C)c2c1CC(C)C2=O. The molecule has 1 aromatic rings. The largest absolute Gasteiger partial charge is 0.496 e. The summed E-state index contributed by atoms with van der Waals surface area (Å²) in [6, 6.07) is 2.03. The maximum absolute atomic E-state index is 12.0. The molecular weight excluding hydrogens is 188 g/mol. The van der Waals surface area contributed by atoms with Crippen molar-refractivity contribution in [2.24, 2.45) is 5.92 Å². The molecule has 0 N–H and O–H groups in total. The molecule has 0 radical (unpaired) electrons. The second-order valence-electron chi connectivity index (χ2n) is 4.34. The summed E-state index contributed by atoms with van der Waals surface area (Å²) in [5.74, 6) is 1.24. The maximum Gasteiger partial charge on any atom is 0.166 e. The highest BCUT2D eigenvalue weighted by atomic mass is 16.5. The van der Waals surface area contributed by atoms with Gasteiger partial charge in [0.15, 0.2) is 5.78 Å². The Hall–Kier alpha value is -1.31. The second-order valence-corrected chi connectivity index (χ2v) is 4.34. The van der Waals surface area contributed by atoms with Gasteiger partial charge in [-0.1, -0.05) is 6.92 Å². The summed E-state index contributed by atoms with van der Waals surface area (Å²) in [7, 11) is 1.66. The number of hydrogen-bond donors (Lipinski definition) is 0. The van der Waals surface area contributed by atoms with Crippen LogP contribution in [0.2, 0.25) is 0 Å². The van der Waals surface area contributed by atoms with Crippen LogP contribution >= 0.6 is 0 Å². The minimum absolute atomic E-state index is 0.106. The smallest absolute Gasteiger partial charge is 0.166 e. The van der Waals surface area contributed by atoms with E-state index in [2.05, 4.69) is 0 Å². The summed E-state index contributed by atoms with van der Waals surface area (Å²) in [5.41, 5.74) is 4.24. The zero-order chi connectivity index (χ0) is 11.2. The van der Waals surface area contributed by atoms with Crippen LogP contribution in [0, 0.1) is 19.8 Å². The van der Waals surface area contributed by atoms with Crippen LogP contribution in [0.15, 0.2) is 6.07 Å². The van der Waals surface area contributed by atoms with E-state index < -0.39 is 0 Å². The Bertz CT molecular complexity index is 433. The Morgan fingerprint density at radius 3 is 2.67 bits per heavy atom. The number of ether oxygens (including phenoxy) is 1. The third-order valence-corrected chi connectivity index (χ3v) is 3.34. The van der Waals surface area contributed by atoms with Crippen LogP contribution in [0.4, 0.5) is 0 Å². The third-order valence-electron chi connectivity index (χ3n) is 3.34. The van der Waals surface area contributed by atoms with Crippen molar-refractivity contribution in [3.8, 4) is 5.75 Å². The van der Waals surface area contributed by atoms with Crippen LogP contribution in [-0.4, -0.2) is 12.9 Å². The highest BCUT2D eigenvalue weighted by molar-refractivity contribution is 6.04. The minimum atomic E-state index is 0.106. The zero-order valence-electron chi connectivity index (χ0n) is 9.68. The number of carbonyl (C=O) groups is 1. The molecule has 0 heterocycles. The molecule has 0 fully saturated rings. The van der Waals surface area contributed by atoms with Gasteiger partial charge in [-0.15, -0.1) is 0 Å². The van der Waals surface area contributed by atoms with E-state index in [1.165, 1.54) is 0 Å². The van der Waals surface area contributed by atoms with Crippen molar-refractivity contribution in [1.82, 2.24) is 0 Å². The van der Waals surface area contributed by atoms with Crippen molar-refractivity contribution in [3.05, 3.63) is 28.3 Å². The van der Waals surface area contributed by atoms with Crippen LogP contribution in [-0.2, 0) is 6.42 Å². The van der Waals surface area contributed by atoms with Gasteiger partial charge < -0.3 is 4.74 Å². The van der Waals surface area contributed by atoms with Crippen molar-refractivity contribution in [2.45, 2.75) is 27.2 Å². The van der Waals surface area contributed by atoms with Gasteiger partial charge >= 0.3 is 0 Å². The Labute approximate surface area is 90.3 Å². The first-order valence-corrected chi connectivity index (χ1v) is 5.27. The fourth-order valence-electron chi connectivity index (χ4n) is 2.30. The van der Waals surface area contributed by atoms with Crippen molar-refractivity contribution in [1.29, 1.82) is 0 Å². The number of hydrogen-bond acceptors (Lipinski definition) is 2. The van der Waals surface area contributed by atoms with Gasteiger partial charge in [-0.05, 0) is 37.5 Å². The van der Waals surface area contributed by atoms with Crippen LogP contribution in [0.3, 0.4) is 0 Å². The fourth-order valence-corrected chi connectivity index (χ4v) is 2.30. The van der Waals surface area contributed by atoms with Crippen LogP contribution in [0.1, 0.15) is 34.0 Å². The summed E-state index contributed by atoms with van der Waals surface area (Å²) >= 11 is 0. The number of aryl methyl sites for hydroxylation is 1. The van der Waals surface area contributed by atoms with Gasteiger partial charge in [-0.25, -0.2) is 0 Å². The average molecular weight is 204 g/mol. The molecule has 0 bridgehead atoms. The molecule has 2 heteroatoms. The summed E-state index contributed by atoms with van der Waals surface area (Å²) in [4.78, 5) is 12.0. The number of benzene rings is 1. The molecule has 15 heavy (non-hydrogen) atoms. The highest BCUT2D eigenvalue weighted by Gasteiger charge is 2.31. The molecule has 1 aromatic carbocycles. The van der Waals surface area contributed by atoms with Crippen molar-refractivity contribution < 1.29 is 9.53 Å². The normalized spacial score (nSPS) is 19.2. The van der Waals surface area contributed by atoms with E-state index >= 15 is 0 Å². The standard InChI is InChI=1S/C13H16O2/c1-7-6-11(15-4)10-5-8(2)13(14)12(10)9(7)3/h6,8H,5H2,1-4H3. The summed E-state index contributed by atoms with van der Waals surface area (Å²) in [5, 5.41) is 0. The molecule has 0 aromatic heterocycles. The van der Waals surface area contributed by atoms with Gasteiger partial charge in [0.05, 0.1) is 7.11 Å². The first-order valence-electron chi connectivity index (χ1n) is 5.27. The number of Topliss-reactive ketones (excluding diaryl/α,β-unsaturated/α-hetero) is 1. The minimum Gasteiger partial charge on any atom is -0.496 e. The van der Waals surface area contributed by atoms with Gasteiger partial charge in [-0.3, -0.25) is 4.79 Å². The molecular formula is C13H16O2. The molecule has 1 aliphatic carbocycles. The number of rotatable bonds is 1. The van der Waals surface area contributed by atoms with Gasteiger partial charge in [0.1, 0.15) is 5.75 Å². The van der Waals surface area contributed by atoms with E-state index in [0.717, 1.165) is 34.4 Å². The van der Waals surface area contributed by atoms with E-state index in [1.807, 2.05) is 26.8 Å². The molecule has 1 unspecified atom stereocenters. The second kappa shape index (κ2) is 3.37. The lowest BCUT2D eigenvalue weighted by atomic mass is 9.98. The van der Waals surface area contributed by atoms with Gasteiger partial charge in [-0.2, -0.15) is 0 Å². The summed E-state index contributed by atoms with van der Waals surface area (Å²) < 4.78 is 5.34. The zero-order valence-corrected chi connectivity index (χ0v) is 9.68. The fraction of sp³-hybridized carbons (Fsp3) is 0.462. The Morgan fingerprint density at radius 2 is 2.07 bits per heavy atom. The van der Waals surface area contributed by atoms with Crippen molar-refractivity contribution in [2.75, 3.05) is 7.11 Å². The lowest BCUT2D eigenvalue weighted by Gasteiger charge is -2.11. The molecule has 0 saturated heterocycles. The van der Waals surface area contributed by atoms with Crippen molar-refractivity contribution >= 4 is 5.78 Å². The van der Waals surface area contributed by atoms with Crippen LogP contribution in [0.5, 0.6) is 5.75 Å². The average Bonchev–Trinajstić information content (AvgIpc) is 2.50. The summed E-state index contributed by atoms with van der Waals surface area (Å²) in [6.07, 6.45) is 0.818. The van der Waals surface area contributed by atoms with E-state index in [4.69, 9.17) is 4.74 Å². The van der Waals surface area contributed by atoms with Crippen LogP contribution in [0.25, 0.3) is 0 Å². The Balaban J connectivity index is 2.71. The van der Waals surface area contributed by atoms with E-state index in [1.54, 1.807) is 7.11 Å². The van der Waals surface area contributed by atoms with E-state index in [0.29, 0.717) is 0 Å².